The molecule has 2 aliphatic rings. The van der Waals surface area contributed by atoms with Gasteiger partial charge in [-0.15, -0.1) is 0 Å². The Labute approximate surface area is 170 Å². The molecule has 1 amide bonds. The van der Waals surface area contributed by atoms with Crippen LogP contribution in [0.2, 0.25) is 0 Å². The van der Waals surface area contributed by atoms with Gasteiger partial charge < -0.3 is 24.0 Å². The molecule has 0 radical (unpaired) electrons. The summed E-state index contributed by atoms with van der Waals surface area (Å²) in [4.78, 5) is 25.7. The number of ether oxygens (including phenoxy) is 3. The monoisotopic (exact) mass is 398 g/mol. The number of methoxy groups -OCH3 is 2. The van der Waals surface area contributed by atoms with Crippen molar-refractivity contribution in [3.05, 3.63) is 42.0 Å². The molecular formula is C21H26N4O4. The first-order valence-corrected chi connectivity index (χ1v) is 9.72. The van der Waals surface area contributed by atoms with E-state index in [1.165, 1.54) is 0 Å². The summed E-state index contributed by atoms with van der Waals surface area (Å²) in [5, 5.41) is 0. The summed E-state index contributed by atoms with van der Waals surface area (Å²) in [7, 11) is 3.13. The van der Waals surface area contributed by atoms with E-state index >= 15 is 0 Å². The second-order valence-electron chi connectivity index (χ2n) is 7.64. The third kappa shape index (κ3) is 4.27. The summed E-state index contributed by atoms with van der Waals surface area (Å²) in [6, 6.07) is 11.7. The molecular weight excluding hydrogens is 372 g/mol. The van der Waals surface area contributed by atoms with E-state index in [4.69, 9.17) is 14.2 Å². The van der Waals surface area contributed by atoms with Crippen LogP contribution in [0.5, 0.6) is 11.8 Å². The number of carbonyl (C=O) groups is 1. The summed E-state index contributed by atoms with van der Waals surface area (Å²) >= 11 is 0. The molecule has 0 bridgehead atoms. The lowest BCUT2D eigenvalue weighted by Gasteiger charge is -2.31. The number of aromatic nitrogens is 2. The highest BCUT2D eigenvalue weighted by atomic mass is 16.5. The Kier molecular flexibility index (Phi) is 5.53. The maximum absolute atomic E-state index is 12.8. The third-order valence-electron chi connectivity index (χ3n) is 5.43. The lowest BCUT2D eigenvalue weighted by atomic mass is 9.87. The van der Waals surface area contributed by atoms with Gasteiger partial charge in [-0.3, -0.25) is 4.79 Å². The topological polar surface area (TPSA) is 77.0 Å². The van der Waals surface area contributed by atoms with Crippen LogP contribution in [0.15, 0.2) is 36.4 Å². The van der Waals surface area contributed by atoms with Gasteiger partial charge in [0, 0.05) is 38.0 Å². The van der Waals surface area contributed by atoms with Crippen LogP contribution in [-0.2, 0) is 16.1 Å². The van der Waals surface area contributed by atoms with Crippen molar-refractivity contribution in [3.8, 4) is 11.8 Å². The van der Waals surface area contributed by atoms with Crippen molar-refractivity contribution in [2.75, 3.05) is 52.0 Å². The SMILES string of the molecule is COc1cc(OC)nc(N2CCOCC3(CC(=O)N(Cc4ccccc4)C3)C2)n1. The quantitative estimate of drug-likeness (QED) is 0.759. The lowest BCUT2D eigenvalue weighted by molar-refractivity contribution is -0.128. The van der Waals surface area contributed by atoms with Crippen molar-refractivity contribution in [1.82, 2.24) is 14.9 Å². The van der Waals surface area contributed by atoms with Crippen LogP contribution in [0.4, 0.5) is 5.95 Å². The number of hydrogen-bond acceptors (Lipinski definition) is 7. The van der Waals surface area contributed by atoms with Crippen molar-refractivity contribution >= 4 is 11.9 Å². The van der Waals surface area contributed by atoms with Gasteiger partial charge in [0.25, 0.3) is 0 Å². The number of benzene rings is 1. The average molecular weight is 398 g/mol. The maximum Gasteiger partial charge on any atom is 0.232 e. The molecule has 3 heterocycles. The smallest absolute Gasteiger partial charge is 0.232 e. The predicted octanol–water partition coefficient (Wildman–Crippen LogP) is 1.75. The Morgan fingerprint density at radius 3 is 2.52 bits per heavy atom. The van der Waals surface area contributed by atoms with E-state index < -0.39 is 0 Å². The Bertz CT molecular complexity index is 841. The van der Waals surface area contributed by atoms with E-state index in [2.05, 4.69) is 14.9 Å². The van der Waals surface area contributed by atoms with Crippen LogP contribution in [0.25, 0.3) is 0 Å². The lowest BCUT2D eigenvalue weighted by Crippen LogP contribution is -2.41. The van der Waals surface area contributed by atoms with Gasteiger partial charge in [-0.25, -0.2) is 0 Å². The van der Waals surface area contributed by atoms with Crippen LogP contribution in [0.3, 0.4) is 0 Å². The summed E-state index contributed by atoms with van der Waals surface area (Å²) in [6.45, 7) is 3.65. The van der Waals surface area contributed by atoms with E-state index in [0.717, 1.165) is 5.56 Å². The van der Waals surface area contributed by atoms with E-state index in [1.54, 1.807) is 20.3 Å². The van der Waals surface area contributed by atoms with E-state index in [0.29, 0.717) is 63.5 Å². The standard InChI is InChI=1S/C21H26N4O4/c1-27-17-10-18(28-2)23-20(22-17)24-8-9-29-15-21(13-24)11-19(26)25(14-21)12-16-6-4-3-5-7-16/h3-7,10H,8-9,11-15H2,1-2H3. The highest BCUT2D eigenvalue weighted by molar-refractivity contribution is 5.79. The fourth-order valence-electron chi connectivity index (χ4n) is 4.04. The van der Waals surface area contributed by atoms with Crippen LogP contribution >= 0.6 is 0 Å². The average Bonchev–Trinajstić information content (AvgIpc) is 2.91. The second kappa shape index (κ2) is 8.24. The maximum atomic E-state index is 12.8. The Balaban J connectivity index is 1.55. The zero-order valence-corrected chi connectivity index (χ0v) is 16.8. The molecule has 1 aromatic carbocycles. The predicted molar refractivity (Wildman–Crippen MR) is 107 cm³/mol. The summed E-state index contributed by atoms with van der Waals surface area (Å²) in [5.74, 6) is 1.57. The van der Waals surface area contributed by atoms with Crippen molar-refractivity contribution in [3.63, 3.8) is 0 Å². The van der Waals surface area contributed by atoms with Gasteiger partial charge in [-0.2, -0.15) is 9.97 Å². The molecule has 0 aliphatic carbocycles. The Hall–Kier alpha value is -2.87. The van der Waals surface area contributed by atoms with Gasteiger partial charge in [0.2, 0.25) is 23.6 Å². The summed E-state index contributed by atoms with van der Waals surface area (Å²) in [6.07, 6.45) is 0.456. The minimum Gasteiger partial charge on any atom is -0.481 e. The molecule has 2 aromatic rings. The molecule has 154 valence electrons. The fraction of sp³-hybridized carbons (Fsp3) is 0.476. The highest BCUT2D eigenvalue weighted by Gasteiger charge is 2.46. The number of nitrogens with zero attached hydrogens (tertiary/aromatic N) is 4. The first-order valence-electron chi connectivity index (χ1n) is 9.72. The van der Waals surface area contributed by atoms with Crippen LogP contribution in [0.1, 0.15) is 12.0 Å². The molecule has 29 heavy (non-hydrogen) atoms. The van der Waals surface area contributed by atoms with Gasteiger partial charge in [0.1, 0.15) is 0 Å². The first-order chi connectivity index (χ1) is 14.1. The number of amides is 1. The first kappa shape index (κ1) is 19.4. The van der Waals surface area contributed by atoms with Crippen molar-refractivity contribution in [1.29, 1.82) is 0 Å². The highest BCUT2D eigenvalue weighted by Crippen LogP contribution is 2.36. The molecule has 8 nitrogen and oxygen atoms in total. The Morgan fingerprint density at radius 1 is 1.10 bits per heavy atom. The van der Waals surface area contributed by atoms with Gasteiger partial charge in [-0.1, -0.05) is 30.3 Å². The van der Waals surface area contributed by atoms with E-state index in [9.17, 15) is 4.79 Å². The zero-order valence-electron chi connectivity index (χ0n) is 16.8. The molecule has 0 N–H and O–H groups in total. The fourth-order valence-corrected chi connectivity index (χ4v) is 4.04. The zero-order chi connectivity index (χ0) is 20.3. The number of anilines is 1. The largest absolute Gasteiger partial charge is 0.481 e. The molecule has 1 unspecified atom stereocenters. The van der Waals surface area contributed by atoms with Crippen LogP contribution in [-0.4, -0.2) is 67.8 Å². The number of likely N-dealkylation sites (tertiary alicyclic amines) is 1. The number of carbonyl (C=O) groups excluding carboxylic acids is 1. The second-order valence-corrected chi connectivity index (χ2v) is 7.64. The van der Waals surface area contributed by atoms with Gasteiger partial charge in [-0.05, 0) is 5.56 Å². The summed E-state index contributed by atoms with van der Waals surface area (Å²) in [5.41, 5.74) is 0.840. The van der Waals surface area contributed by atoms with Crippen molar-refractivity contribution in [2.24, 2.45) is 5.41 Å². The van der Waals surface area contributed by atoms with E-state index in [1.807, 2.05) is 35.2 Å². The third-order valence-corrected chi connectivity index (χ3v) is 5.43. The van der Waals surface area contributed by atoms with Gasteiger partial charge in [0.15, 0.2) is 0 Å². The number of rotatable bonds is 5. The Morgan fingerprint density at radius 2 is 1.83 bits per heavy atom. The van der Waals surface area contributed by atoms with Crippen molar-refractivity contribution in [2.45, 2.75) is 13.0 Å². The minimum atomic E-state index is -0.290. The molecule has 4 rings (SSSR count). The minimum absolute atomic E-state index is 0.156. The molecule has 1 atom stereocenters. The van der Waals surface area contributed by atoms with Crippen LogP contribution in [0, 0.1) is 5.41 Å². The molecule has 2 fully saturated rings. The van der Waals surface area contributed by atoms with Crippen LogP contribution < -0.4 is 14.4 Å². The van der Waals surface area contributed by atoms with Gasteiger partial charge >= 0.3 is 0 Å². The van der Waals surface area contributed by atoms with Gasteiger partial charge in [0.05, 0.1) is 33.5 Å². The molecule has 0 saturated carbocycles. The number of hydrogen-bond donors (Lipinski definition) is 0. The molecule has 1 spiro atoms. The summed E-state index contributed by atoms with van der Waals surface area (Å²) < 4.78 is 16.5. The molecule has 2 aliphatic heterocycles. The molecule has 8 heteroatoms. The molecule has 2 saturated heterocycles. The normalized spacial score (nSPS) is 22.1. The molecule has 1 aromatic heterocycles. The van der Waals surface area contributed by atoms with E-state index in [-0.39, 0.29) is 11.3 Å². The van der Waals surface area contributed by atoms with Crippen molar-refractivity contribution < 1.29 is 19.0 Å².